The van der Waals surface area contributed by atoms with Gasteiger partial charge in [0.1, 0.15) is 11.3 Å². The number of halogens is 1. The number of fused-ring (bicyclic) bond motifs is 1. The minimum Gasteiger partial charge on any atom is -0.464 e. The third kappa shape index (κ3) is 2.82. The van der Waals surface area contributed by atoms with Crippen molar-refractivity contribution in [3.63, 3.8) is 0 Å². The largest absolute Gasteiger partial charge is 0.464 e. The van der Waals surface area contributed by atoms with Crippen molar-refractivity contribution in [2.24, 2.45) is 0 Å². The van der Waals surface area contributed by atoms with Crippen LogP contribution in [0.2, 0.25) is 5.02 Å². The molecule has 3 aromatic rings. The predicted molar refractivity (Wildman–Crippen MR) is 88.9 cm³/mol. The molecular formula is C17H13ClN4O2. The lowest BCUT2D eigenvalue weighted by atomic mass is 10.1. The number of aryl methyl sites for hydroxylation is 1. The van der Waals surface area contributed by atoms with Crippen molar-refractivity contribution in [1.82, 2.24) is 14.5 Å². The molecule has 0 fully saturated rings. The maximum absolute atomic E-state index is 11.7. The van der Waals surface area contributed by atoms with Crippen LogP contribution < -0.4 is 0 Å². The number of nitrogens with zero attached hydrogens (tertiary/aromatic N) is 4. The number of carbonyl (C=O) groups excluding carboxylic acids is 1. The second-order valence-corrected chi connectivity index (χ2v) is 5.60. The smallest absolute Gasteiger partial charge is 0.356 e. The summed E-state index contributed by atoms with van der Waals surface area (Å²) in [6.07, 6.45) is 0. The molecule has 0 bridgehead atoms. The van der Waals surface area contributed by atoms with E-state index >= 15 is 0 Å². The molecule has 6 nitrogen and oxygen atoms in total. The molecule has 2 aromatic heterocycles. The van der Waals surface area contributed by atoms with Crippen molar-refractivity contribution in [1.29, 1.82) is 5.26 Å². The molecule has 3 rings (SSSR count). The van der Waals surface area contributed by atoms with Gasteiger partial charge in [-0.3, -0.25) is 0 Å². The third-order valence-electron chi connectivity index (χ3n) is 3.69. The normalized spacial score (nSPS) is 10.6. The van der Waals surface area contributed by atoms with Crippen LogP contribution in [0.4, 0.5) is 0 Å². The number of pyridine rings is 1. The summed E-state index contributed by atoms with van der Waals surface area (Å²) in [5, 5.41) is 9.42. The maximum Gasteiger partial charge on any atom is 0.356 e. The number of rotatable bonds is 3. The molecule has 2 heterocycles. The highest BCUT2D eigenvalue weighted by atomic mass is 35.5. The van der Waals surface area contributed by atoms with Crippen molar-refractivity contribution in [3.05, 3.63) is 58.0 Å². The van der Waals surface area contributed by atoms with Gasteiger partial charge in [-0.2, -0.15) is 5.26 Å². The average Bonchev–Trinajstić information content (AvgIpc) is 2.90. The molecule has 0 amide bonds. The number of carbonyl (C=O) groups is 1. The number of imidazole rings is 1. The van der Waals surface area contributed by atoms with Gasteiger partial charge in [-0.15, -0.1) is 0 Å². The van der Waals surface area contributed by atoms with Crippen molar-refractivity contribution in [3.8, 4) is 6.07 Å². The van der Waals surface area contributed by atoms with Crippen LogP contribution in [-0.2, 0) is 11.3 Å². The SMILES string of the molecule is COC(=O)c1ccc2nc(C)n(Cc3ccc(C#N)cc3Cl)c2n1. The van der Waals surface area contributed by atoms with Crippen LogP contribution in [0.25, 0.3) is 11.2 Å². The molecule has 0 atom stereocenters. The first kappa shape index (κ1) is 16.0. The molecule has 0 saturated carbocycles. The third-order valence-corrected chi connectivity index (χ3v) is 4.04. The Morgan fingerprint density at radius 3 is 2.79 bits per heavy atom. The molecule has 24 heavy (non-hydrogen) atoms. The van der Waals surface area contributed by atoms with Gasteiger partial charge in [-0.25, -0.2) is 14.8 Å². The van der Waals surface area contributed by atoms with Gasteiger partial charge in [0.25, 0.3) is 0 Å². The van der Waals surface area contributed by atoms with Crippen molar-refractivity contribution in [2.75, 3.05) is 7.11 Å². The lowest BCUT2D eigenvalue weighted by Gasteiger charge is -2.09. The van der Waals surface area contributed by atoms with E-state index in [0.717, 1.165) is 11.4 Å². The fraction of sp³-hybridized carbons (Fsp3) is 0.176. The molecule has 0 aliphatic rings. The van der Waals surface area contributed by atoms with Crippen LogP contribution in [0.1, 0.15) is 27.4 Å². The van der Waals surface area contributed by atoms with Gasteiger partial charge < -0.3 is 9.30 Å². The zero-order valence-electron chi connectivity index (χ0n) is 13.1. The van der Waals surface area contributed by atoms with E-state index in [1.165, 1.54) is 7.11 Å². The van der Waals surface area contributed by atoms with E-state index < -0.39 is 5.97 Å². The molecule has 0 N–H and O–H groups in total. The fourth-order valence-electron chi connectivity index (χ4n) is 2.44. The second kappa shape index (κ2) is 6.30. The number of nitriles is 1. The standard InChI is InChI=1S/C17H13ClN4O2/c1-10-20-14-5-6-15(17(23)24-2)21-16(14)22(10)9-12-4-3-11(8-19)7-13(12)18/h3-7H,9H2,1-2H3. The Labute approximate surface area is 143 Å². The summed E-state index contributed by atoms with van der Waals surface area (Å²) in [6, 6.07) is 10.5. The molecule has 0 saturated heterocycles. The summed E-state index contributed by atoms with van der Waals surface area (Å²) in [5.41, 5.74) is 2.82. The van der Waals surface area contributed by atoms with E-state index in [0.29, 0.717) is 28.3 Å². The lowest BCUT2D eigenvalue weighted by molar-refractivity contribution is 0.0594. The van der Waals surface area contributed by atoms with Gasteiger partial charge in [0.15, 0.2) is 11.3 Å². The first-order valence-corrected chi connectivity index (χ1v) is 7.52. The summed E-state index contributed by atoms with van der Waals surface area (Å²) in [5.74, 6) is 0.249. The number of methoxy groups -OCH3 is 1. The molecule has 120 valence electrons. The van der Waals surface area contributed by atoms with Gasteiger partial charge in [0.05, 0.1) is 25.3 Å². The summed E-state index contributed by atoms with van der Waals surface area (Å²) < 4.78 is 6.58. The Kier molecular flexibility index (Phi) is 4.19. The van der Waals surface area contributed by atoms with Crippen LogP contribution in [0.15, 0.2) is 30.3 Å². The van der Waals surface area contributed by atoms with Crippen LogP contribution in [0.3, 0.4) is 0 Å². The Hall–Kier alpha value is -2.91. The van der Waals surface area contributed by atoms with Crippen molar-refractivity contribution in [2.45, 2.75) is 13.5 Å². The first-order valence-electron chi connectivity index (χ1n) is 7.14. The monoisotopic (exact) mass is 340 g/mol. The Bertz CT molecular complexity index is 988. The van der Waals surface area contributed by atoms with Gasteiger partial charge in [-0.1, -0.05) is 17.7 Å². The van der Waals surface area contributed by atoms with Gasteiger partial charge in [-0.05, 0) is 36.8 Å². The van der Waals surface area contributed by atoms with E-state index in [1.54, 1.807) is 30.3 Å². The Morgan fingerprint density at radius 2 is 2.12 bits per heavy atom. The summed E-state index contributed by atoms with van der Waals surface area (Å²) in [4.78, 5) is 20.5. The highest BCUT2D eigenvalue weighted by Gasteiger charge is 2.15. The van der Waals surface area contributed by atoms with E-state index in [4.69, 9.17) is 21.6 Å². The number of hydrogen-bond donors (Lipinski definition) is 0. The van der Waals surface area contributed by atoms with Gasteiger partial charge in [0.2, 0.25) is 0 Å². The van der Waals surface area contributed by atoms with Gasteiger partial charge >= 0.3 is 5.97 Å². The molecule has 0 unspecified atom stereocenters. The zero-order chi connectivity index (χ0) is 17.3. The summed E-state index contributed by atoms with van der Waals surface area (Å²) in [6.45, 7) is 2.29. The first-order chi connectivity index (χ1) is 11.5. The molecule has 0 radical (unpaired) electrons. The Morgan fingerprint density at radius 1 is 1.33 bits per heavy atom. The van der Waals surface area contributed by atoms with Crippen LogP contribution >= 0.6 is 11.6 Å². The van der Waals surface area contributed by atoms with E-state index in [1.807, 2.05) is 11.5 Å². The average molecular weight is 341 g/mol. The summed E-state index contributed by atoms with van der Waals surface area (Å²) in [7, 11) is 1.31. The maximum atomic E-state index is 11.7. The zero-order valence-corrected chi connectivity index (χ0v) is 13.8. The summed E-state index contributed by atoms with van der Waals surface area (Å²) >= 11 is 6.25. The highest BCUT2D eigenvalue weighted by Crippen LogP contribution is 2.22. The number of ether oxygens (including phenoxy) is 1. The van der Waals surface area contributed by atoms with Crippen LogP contribution in [0, 0.1) is 18.3 Å². The molecular weight excluding hydrogens is 328 g/mol. The quantitative estimate of drug-likeness (QED) is 0.684. The molecule has 7 heteroatoms. The number of benzene rings is 1. The molecule has 0 spiro atoms. The Balaban J connectivity index is 2.07. The fourth-order valence-corrected chi connectivity index (χ4v) is 2.68. The highest BCUT2D eigenvalue weighted by molar-refractivity contribution is 6.31. The van der Waals surface area contributed by atoms with E-state index in [9.17, 15) is 4.79 Å². The van der Waals surface area contributed by atoms with Crippen molar-refractivity contribution >= 4 is 28.7 Å². The minimum atomic E-state index is -0.501. The number of esters is 1. The van der Waals surface area contributed by atoms with E-state index in [2.05, 4.69) is 16.0 Å². The lowest BCUT2D eigenvalue weighted by Crippen LogP contribution is -2.07. The van der Waals surface area contributed by atoms with Gasteiger partial charge in [0, 0.05) is 5.02 Å². The predicted octanol–water partition coefficient (Wildman–Crippen LogP) is 3.10. The second-order valence-electron chi connectivity index (χ2n) is 5.19. The molecule has 0 aliphatic carbocycles. The molecule has 0 aliphatic heterocycles. The van der Waals surface area contributed by atoms with Crippen LogP contribution in [-0.4, -0.2) is 27.6 Å². The van der Waals surface area contributed by atoms with Crippen molar-refractivity contribution < 1.29 is 9.53 Å². The minimum absolute atomic E-state index is 0.220. The van der Waals surface area contributed by atoms with E-state index in [-0.39, 0.29) is 5.69 Å². The van der Waals surface area contributed by atoms with Crippen LogP contribution in [0.5, 0.6) is 0 Å². The topological polar surface area (TPSA) is 80.8 Å². The number of aromatic nitrogens is 3. The molecule has 1 aromatic carbocycles. The number of hydrogen-bond acceptors (Lipinski definition) is 5.